The summed E-state index contributed by atoms with van der Waals surface area (Å²) in [6.45, 7) is 3.89. The average Bonchev–Trinajstić information content (AvgIpc) is 2.69. The van der Waals surface area contributed by atoms with E-state index in [0.29, 0.717) is 50.0 Å². The number of carbonyl (C=O) groups excluding carboxylic acids is 2. The summed E-state index contributed by atoms with van der Waals surface area (Å²) >= 11 is 0. The van der Waals surface area contributed by atoms with Crippen LogP contribution in [0.25, 0.3) is 10.8 Å². The molecule has 0 radical (unpaired) electrons. The lowest BCUT2D eigenvalue weighted by Crippen LogP contribution is -2.42. The third-order valence-electron chi connectivity index (χ3n) is 4.19. The predicted molar refractivity (Wildman–Crippen MR) is 94.0 cm³/mol. The molecule has 1 aromatic carbocycles. The Hall–Kier alpha value is -2.74. The molecule has 2 aromatic rings. The summed E-state index contributed by atoms with van der Waals surface area (Å²) in [6, 6.07) is 6.77. The molecule has 0 atom stereocenters. The van der Waals surface area contributed by atoms with Crippen molar-refractivity contribution in [2.24, 2.45) is 0 Å². The number of hydrogen-bond acceptors (Lipinski definition) is 6. The molecule has 0 saturated carbocycles. The molecule has 1 amide bonds. The number of benzene rings is 1. The second kappa shape index (κ2) is 8.09. The summed E-state index contributed by atoms with van der Waals surface area (Å²) in [5.74, 6) is -0.986. The quantitative estimate of drug-likeness (QED) is 0.734. The topological polar surface area (TPSA) is 90.7 Å². The molecule has 0 spiro atoms. The molecule has 1 aliphatic heterocycles. The van der Waals surface area contributed by atoms with Gasteiger partial charge >= 0.3 is 5.97 Å². The van der Waals surface area contributed by atoms with E-state index in [0.717, 1.165) is 0 Å². The molecule has 1 aliphatic rings. The highest BCUT2D eigenvalue weighted by atomic mass is 16.5. The largest absolute Gasteiger partial charge is 0.451 e. The number of fused-ring (bicyclic) bond motifs is 1. The fraction of sp³-hybridized carbons (Fsp3) is 0.444. The van der Waals surface area contributed by atoms with Gasteiger partial charge in [0.1, 0.15) is 0 Å². The lowest BCUT2D eigenvalue weighted by molar-refractivity contribution is -0.138. The molecular weight excluding hydrogens is 338 g/mol. The van der Waals surface area contributed by atoms with Crippen LogP contribution in [0.1, 0.15) is 23.8 Å². The number of rotatable bonds is 5. The molecule has 8 heteroatoms. The van der Waals surface area contributed by atoms with Crippen molar-refractivity contribution in [1.82, 2.24) is 14.7 Å². The number of hydrogen-bond donors (Lipinski definition) is 0. The van der Waals surface area contributed by atoms with Crippen molar-refractivity contribution in [2.45, 2.75) is 19.9 Å². The van der Waals surface area contributed by atoms with Gasteiger partial charge in [0.05, 0.1) is 18.6 Å². The van der Waals surface area contributed by atoms with Crippen LogP contribution < -0.4 is 5.56 Å². The van der Waals surface area contributed by atoms with E-state index in [1.165, 1.54) is 4.68 Å². The Morgan fingerprint density at radius 2 is 1.88 bits per heavy atom. The van der Waals surface area contributed by atoms with Crippen molar-refractivity contribution >= 4 is 22.6 Å². The molecule has 1 saturated heterocycles. The molecule has 0 aliphatic carbocycles. The second-order valence-electron chi connectivity index (χ2n) is 5.99. The number of esters is 1. The Bertz CT molecular complexity index is 871. The molecule has 26 heavy (non-hydrogen) atoms. The minimum absolute atomic E-state index is 0.0448. The number of amides is 1. The van der Waals surface area contributed by atoms with Gasteiger partial charge in [-0.2, -0.15) is 5.10 Å². The van der Waals surface area contributed by atoms with E-state index in [2.05, 4.69) is 5.10 Å². The summed E-state index contributed by atoms with van der Waals surface area (Å²) in [4.78, 5) is 38.7. The van der Waals surface area contributed by atoms with Gasteiger partial charge in [-0.25, -0.2) is 9.48 Å². The summed E-state index contributed by atoms with van der Waals surface area (Å²) in [7, 11) is 0. The molecule has 2 heterocycles. The number of carbonyl (C=O) groups is 2. The number of nitrogens with zero attached hydrogens (tertiary/aromatic N) is 3. The van der Waals surface area contributed by atoms with E-state index in [4.69, 9.17) is 9.47 Å². The maximum absolute atomic E-state index is 12.5. The van der Waals surface area contributed by atoms with Gasteiger partial charge in [0.25, 0.3) is 11.5 Å². The average molecular weight is 359 g/mol. The van der Waals surface area contributed by atoms with Crippen molar-refractivity contribution in [3.05, 3.63) is 40.3 Å². The highest BCUT2D eigenvalue weighted by molar-refractivity contribution is 6.02. The van der Waals surface area contributed by atoms with E-state index >= 15 is 0 Å². The molecule has 0 bridgehead atoms. The standard InChI is InChI=1S/C18H21N3O5/c1-2-7-21-17(23)14-6-4-3-5-13(14)16(19-21)18(24)26-12-15(22)20-8-10-25-11-9-20/h3-6H,2,7-12H2,1H3. The van der Waals surface area contributed by atoms with Gasteiger partial charge in [0.15, 0.2) is 12.3 Å². The molecule has 3 rings (SSSR count). The van der Waals surface area contributed by atoms with E-state index in [1.54, 1.807) is 29.2 Å². The van der Waals surface area contributed by atoms with Crippen LogP contribution in [0.15, 0.2) is 29.1 Å². The molecule has 8 nitrogen and oxygen atoms in total. The number of ether oxygens (including phenoxy) is 2. The Kier molecular flexibility index (Phi) is 5.62. The van der Waals surface area contributed by atoms with Crippen molar-refractivity contribution in [3.8, 4) is 0 Å². The maximum Gasteiger partial charge on any atom is 0.359 e. The summed E-state index contributed by atoms with van der Waals surface area (Å²) in [5, 5.41) is 4.99. The fourth-order valence-corrected chi connectivity index (χ4v) is 2.85. The maximum atomic E-state index is 12.5. The fourth-order valence-electron chi connectivity index (χ4n) is 2.85. The van der Waals surface area contributed by atoms with Gasteiger partial charge in [-0.15, -0.1) is 0 Å². The zero-order valence-corrected chi connectivity index (χ0v) is 14.6. The van der Waals surface area contributed by atoms with Gasteiger partial charge in [-0.05, 0) is 12.5 Å². The van der Waals surface area contributed by atoms with Gasteiger partial charge in [-0.1, -0.05) is 25.1 Å². The van der Waals surface area contributed by atoms with Crippen molar-refractivity contribution in [1.29, 1.82) is 0 Å². The van der Waals surface area contributed by atoms with Crippen molar-refractivity contribution in [2.75, 3.05) is 32.9 Å². The zero-order valence-electron chi connectivity index (χ0n) is 14.6. The van der Waals surface area contributed by atoms with Crippen LogP contribution in [-0.4, -0.2) is 59.5 Å². The number of aryl methyl sites for hydroxylation is 1. The van der Waals surface area contributed by atoms with Gasteiger partial charge in [0, 0.05) is 25.0 Å². The third kappa shape index (κ3) is 3.75. The van der Waals surface area contributed by atoms with E-state index in [-0.39, 0.29) is 23.8 Å². The Labute approximate surface area is 150 Å². The first-order chi connectivity index (χ1) is 12.6. The minimum Gasteiger partial charge on any atom is -0.451 e. The highest BCUT2D eigenvalue weighted by Gasteiger charge is 2.21. The summed E-state index contributed by atoms with van der Waals surface area (Å²) in [5.41, 5.74) is -0.202. The summed E-state index contributed by atoms with van der Waals surface area (Å²) in [6.07, 6.45) is 0.704. The first-order valence-electron chi connectivity index (χ1n) is 8.64. The Morgan fingerprint density at radius 1 is 1.19 bits per heavy atom. The number of morpholine rings is 1. The SMILES string of the molecule is CCCn1nc(C(=O)OCC(=O)N2CCOCC2)c2ccccc2c1=O. The van der Waals surface area contributed by atoms with Crippen LogP contribution >= 0.6 is 0 Å². The smallest absolute Gasteiger partial charge is 0.359 e. The molecule has 1 aromatic heterocycles. The van der Waals surface area contributed by atoms with Crippen molar-refractivity contribution in [3.63, 3.8) is 0 Å². The van der Waals surface area contributed by atoms with Crippen LogP contribution in [0, 0.1) is 0 Å². The van der Waals surface area contributed by atoms with Crippen LogP contribution in [0.5, 0.6) is 0 Å². The first kappa shape index (κ1) is 18.1. The van der Waals surface area contributed by atoms with Crippen LogP contribution in [0.2, 0.25) is 0 Å². The molecule has 0 unspecified atom stereocenters. The summed E-state index contributed by atoms with van der Waals surface area (Å²) < 4.78 is 11.6. The van der Waals surface area contributed by atoms with Gasteiger partial charge in [-0.3, -0.25) is 9.59 Å². The molecule has 1 fully saturated rings. The van der Waals surface area contributed by atoms with E-state index < -0.39 is 5.97 Å². The minimum atomic E-state index is -0.715. The zero-order chi connectivity index (χ0) is 18.5. The van der Waals surface area contributed by atoms with Crippen molar-refractivity contribution < 1.29 is 19.1 Å². The predicted octanol–water partition coefficient (Wildman–Crippen LogP) is 0.822. The Morgan fingerprint density at radius 3 is 2.58 bits per heavy atom. The van der Waals surface area contributed by atoms with Crippen LogP contribution in [0.3, 0.4) is 0 Å². The van der Waals surface area contributed by atoms with Crippen LogP contribution in [-0.2, 0) is 20.8 Å². The Balaban J connectivity index is 1.82. The molecule has 138 valence electrons. The third-order valence-corrected chi connectivity index (χ3v) is 4.19. The second-order valence-corrected chi connectivity index (χ2v) is 5.99. The molecular formula is C18H21N3O5. The monoisotopic (exact) mass is 359 g/mol. The highest BCUT2D eigenvalue weighted by Crippen LogP contribution is 2.14. The lowest BCUT2D eigenvalue weighted by Gasteiger charge is -2.26. The van der Waals surface area contributed by atoms with Gasteiger partial charge in [0.2, 0.25) is 0 Å². The van der Waals surface area contributed by atoms with E-state index in [9.17, 15) is 14.4 Å². The number of aromatic nitrogens is 2. The lowest BCUT2D eigenvalue weighted by atomic mass is 10.1. The normalized spacial score (nSPS) is 14.4. The van der Waals surface area contributed by atoms with Crippen LogP contribution in [0.4, 0.5) is 0 Å². The molecule has 0 N–H and O–H groups in total. The van der Waals surface area contributed by atoms with Gasteiger partial charge < -0.3 is 14.4 Å². The van der Waals surface area contributed by atoms with E-state index in [1.807, 2.05) is 6.92 Å². The first-order valence-corrected chi connectivity index (χ1v) is 8.64.